The first-order valence-corrected chi connectivity index (χ1v) is 7.57. The number of anilines is 1. The van der Waals surface area contributed by atoms with Crippen LogP contribution < -0.4 is 4.90 Å². The van der Waals surface area contributed by atoms with Crippen LogP contribution in [-0.2, 0) is 17.6 Å². The van der Waals surface area contributed by atoms with E-state index in [0.29, 0.717) is 19.4 Å². The summed E-state index contributed by atoms with van der Waals surface area (Å²) in [6.07, 6.45) is 2.71. The molecule has 0 atom stereocenters. The highest BCUT2D eigenvalue weighted by Crippen LogP contribution is 2.28. The summed E-state index contributed by atoms with van der Waals surface area (Å²) >= 11 is 0. The van der Waals surface area contributed by atoms with Gasteiger partial charge in [0, 0.05) is 24.2 Å². The zero-order chi connectivity index (χ0) is 15.7. The molecule has 0 saturated heterocycles. The Labute approximate surface area is 128 Å². The highest BCUT2D eigenvalue weighted by Gasteiger charge is 2.23. The molecule has 0 aliphatic carbocycles. The molecule has 0 saturated carbocycles. The predicted octanol–water partition coefficient (Wildman–Crippen LogP) is 3.34. The van der Waals surface area contributed by atoms with Crippen LogP contribution in [0.25, 0.3) is 0 Å². The van der Waals surface area contributed by atoms with Gasteiger partial charge in [-0.15, -0.1) is 0 Å². The molecule has 22 heavy (non-hydrogen) atoms. The van der Waals surface area contributed by atoms with Crippen molar-refractivity contribution in [2.45, 2.75) is 39.5 Å². The fourth-order valence-electron chi connectivity index (χ4n) is 3.05. The lowest BCUT2D eigenvalue weighted by atomic mass is 10.0. The van der Waals surface area contributed by atoms with Gasteiger partial charge in [0.15, 0.2) is 0 Å². The third-order valence-electron chi connectivity index (χ3n) is 4.23. The molecular weight excluding hydrogens is 283 g/mol. The Balaban J connectivity index is 1.74. The summed E-state index contributed by atoms with van der Waals surface area (Å²) in [5, 5.41) is 3.91. The number of fused-ring (bicyclic) bond motifs is 1. The van der Waals surface area contributed by atoms with Crippen molar-refractivity contribution in [3.63, 3.8) is 0 Å². The van der Waals surface area contributed by atoms with Crippen LogP contribution in [0.4, 0.5) is 10.1 Å². The lowest BCUT2D eigenvalue weighted by molar-refractivity contribution is -0.118. The second-order valence-corrected chi connectivity index (χ2v) is 5.72. The summed E-state index contributed by atoms with van der Waals surface area (Å²) in [4.78, 5) is 14.3. The third-order valence-corrected chi connectivity index (χ3v) is 4.23. The van der Waals surface area contributed by atoms with Crippen molar-refractivity contribution < 1.29 is 13.7 Å². The van der Waals surface area contributed by atoms with Gasteiger partial charge in [0.1, 0.15) is 11.6 Å². The molecule has 4 nitrogen and oxygen atoms in total. The van der Waals surface area contributed by atoms with Gasteiger partial charge >= 0.3 is 0 Å². The summed E-state index contributed by atoms with van der Waals surface area (Å²) < 4.78 is 18.5. The van der Waals surface area contributed by atoms with Gasteiger partial charge < -0.3 is 9.42 Å². The molecule has 1 amide bonds. The van der Waals surface area contributed by atoms with Gasteiger partial charge in [0.2, 0.25) is 5.91 Å². The molecular formula is C17H19FN2O2. The van der Waals surface area contributed by atoms with Gasteiger partial charge in [0.25, 0.3) is 0 Å². The Morgan fingerprint density at radius 3 is 2.95 bits per heavy atom. The van der Waals surface area contributed by atoms with E-state index in [2.05, 4.69) is 5.16 Å². The Kier molecular flexibility index (Phi) is 3.96. The van der Waals surface area contributed by atoms with E-state index in [0.717, 1.165) is 41.1 Å². The zero-order valence-electron chi connectivity index (χ0n) is 12.9. The number of nitrogens with zero attached hydrogens (tertiary/aromatic N) is 2. The highest BCUT2D eigenvalue weighted by molar-refractivity contribution is 5.94. The molecule has 0 spiro atoms. The summed E-state index contributed by atoms with van der Waals surface area (Å²) in [6, 6.07) is 4.65. The Morgan fingerprint density at radius 1 is 1.41 bits per heavy atom. The van der Waals surface area contributed by atoms with Crippen molar-refractivity contribution in [3.8, 4) is 0 Å². The predicted molar refractivity (Wildman–Crippen MR) is 81.4 cm³/mol. The first-order chi connectivity index (χ1) is 10.6. The standard InChI is InChI=1S/C17H19FN2O2/c1-11-15(12(2)22-19-11)6-8-17(21)20-9-3-4-13-10-14(18)5-7-16(13)20/h5,7,10H,3-4,6,8-9H2,1-2H3. The maximum Gasteiger partial charge on any atom is 0.227 e. The van der Waals surface area contributed by atoms with Crippen molar-refractivity contribution in [1.29, 1.82) is 0 Å². The van der Waals surface area contributed by atoms with Gasteiger partial charge in [-0.25, -0.2) is 4.39 Å². The number of aromatic nitrogens is 1. The average molecular weight is 302 g/mol. The number of amides is 1. The summed E-state index contributed by atoms with van der Waals surface area (Å²) in [6.45, 7) is 4.44. The SMILES string of the molecule is Cc1noc(C)c1CCC(=O)N1CCCc2cc(F)ccc21. The van der Waals surface area contributed by atoms with E-state index < -0.39 is 0 Å². The second kappa shape index (κ2) is 5.91. The third kappa shape index (κ3) is 2.75. The van der Waals surface area contributed by atoms with Crippen molar-refractivity contribution in [1.82, 2.24) is 5.16 Å². The highest BCUT2D eigenvalue weighted by atomic mass is 19.1. The van der Waals surface area contributed by atoms with E-state index in [1.165, 1.54) is 12.1 Å². The molecule has 0 radical (unpaired) electrons. The molecule has 0 bridgehead atoms. The van der Waals surface area contributed by atoms with Crippen molar-refractivity contribution in [2.24, 2.45) is 0 Å². The first kappa shape index (κ1) is 14.8. The second-order valence-electron chi connectivity index (χ2n) is 5.72. The minimum atomic E-state index is -0.247. The summed E-state index contributed by atoms with van der Waals surface area (Å²) in [5.74, 6) is 0.586. The van der Waals surface area contributed by atoms with E-state index in [-0.39, 0.29) is 11.7 Å². The van der Waals surface area contributed by atoms with E-state index in [1.807, 2.05) is 13.8 Å². The molecule has 116 valence electrons. The lowest BCUT2D eigenvalue weighted by Gasteiger charge is -2.29. The van der Waals surface area contributed by atoms with E-state index in [1.54, 1.807) is 11.0 Å². The van der Waals surface area contributed by atoms with Crippen molar-refractivity contribution in [2.75, 3.05) is 11.4 Å². The van der Waals surface area contributed by atoms with Gasteiger partial charge in [-0.3, -0.25) is 4.79 Å². The molecule has 1 aromatic carbocycles. The van der Waals surface area contributed by atoms with Gasteiger partial charge in [0.05, 0.1) is 5.69 Å². The topological polar surface area (TPSA) is 46.3 Å². The van der Waals surface area contributed by atoms with Crippen molar-refractivity contribution >= 4 is 11.6 Å². The fraction of sp³-hybridized carbons (Fsp3) is 0.412. The molecule has 1 aromatic heterocycles. The van der Waals surface area contributed by atoms with Gasteiger partial charge in [-0.2, -0.15) is 0 Å². The number of carbonyl (C=O) groups is 1. The number of aryl methyl sites for hydroxylation is 3. The molecule has 1 aliphatic rings. The van der Waals surface area contributed by atoms with Crippen LogP contribution >= 0.6 is 0 Å². The maximum atomic E-state index is 13.3. The van der Waals surface area contributed by atoms with Crippen LogP contribution in [0.1, 0.15) is 35.4 Å². The van der Waals surface area contributed by atoms with Gasteiger partial charge in [-0.1, -0.05) is 5.16 Å². The molecule has 1 aliphatic heterocycles. The monoisotopic (exact) mass is 302 g/mol. The molecule has 0 unspecified atom stereocenters. The Bertz CT molecular complexity index is 689. The largest absolute Gasteiger partial charge is 0.361 e. The molecule has 0 fully saturated rings. The van der Waals surface area contributed by atoms with Crippen LogP contribution in [0.5, 0.6) is 0 Å². The summed E-state index contributed by atoms with van der Waals surface area (Å²) in [7, 11) is 0. The van der Waals surface area contributed by atoms with E-state index in [4.69, 9.17) is 4.52 Å². The number of hydrogen-bond acceptors (Lipinski definition) is 3. The molecule has 0 N–H and O–H groups in total. The normalized spacial score (nSPS) is 14.0. The smallest absolute Gasteiger partial charge is 0.227 e. The fourth-order valence-corrected chi connectivity index (χ4v) is 3.05. The number of carbonyl (C=O) groups excluding carboxylic acids is 1. The van der Waals surface area contributed by atoms with E-state index >= 15 is 0 Å². The van der Waals surface area contributed by atoms with Crippen LogP contribution in [0.3, 0.4) is 0 Å². The van der Waals surface area contributed by atoms with Crippen molar-refractivity contribution in [3.05, 3.63) is 46.6 Å². The van der Waals surface area contributed by atoms with Crippen LogP contribution in [0.2, 0.25) is 0 Å². The van der Waals surface area contributed by atoms with Crippen LogP contribution in [-0.4, -0.2) is 17.6 Å². The van der Waals surface area contributed by atoms with Crippen LogP contribution in [0, 0.1) is 19.7 Å². The molecule has 2 aromatic rings. The number of hydrogen-bond donors (Lipinski definition) is 0. The number of rotatable bonds is 3. The maximum absolute atomic E-state index is 13.3. The average Bonchev–Trinajstić information content (AvgIpc) is 2.82. The summed E-state index contributed by atoms with van der Waals surface area (Å²) in [5.41, 5.74) is 3.60. The Hall–Kier alpha value is -2.17. The quantitative estimate of drug-likeness (QED) is 0.873. The first-order valence-electron chi connectivity index (χ1n) is 7.57. The zero-order valence-corrected chi connectivity index (χ0v) is 12.9. The lowest BCUT2D eigenvalue weighted by Crippen LogP contribution is -2.35. The molecule has 3 rings (SSSR count). The Morgan fingerprint density at radius 2 is 2.23 bits per heavy atom. The van der Waals surface area contributed by atoms with E-state index in [9.17, 15) is 9.18 Å². The minimum absolute atomic E-state index is 0.0626. The van der Waals surface area contributed by atoms with Gasteiger partial charge in [-0.05, 0) is 56.9 Å². The molecule has 5 heteroatoms. The van der Waals surface area contributed by atoms with Crippen LogP contribution in [0.15, 0.2) is 22.7 Å². The molecule has 2 heterocycles. The number of benzene rings is 1. The number of halogens is 1. The minimum Gasteiger partial charge on any atom is -0.361 e.